The standard InChI is InChI=1S/C7H6F2N2O3/c1-4-2-6(12)10(7(8)9)3-5(4)11(13)14/h2-3,7H,1H3. The van der Waals surface area contributed by atoms with Crippen molar-refractivity contribution >= 4 is 5.69 Å². The van der Waals surface area contributed by atoms with Gasteiger partial charge in [-0.1, -0.05) is 0 Å². The van der Waals surface area contributed by atoms with Crippen LogP contribution in [0.5, 0.6) is 0 Å². The Kier molecular flexibility index (Phi) is 2.59. The maximum atomic E-state index is 12.1. The highest BCUT2D eigenvalue weighted by molar-refractivity contribution is 5.35. The zero-order chi connectivity index (χ0) is 10.9. The Morgan fingerprint density at radius 2 is 2.14 bits per heavy atom. The molecule has 0 saturated heterocycles. The van der Waals surface area contributed by atoms with E-state index in [-0.39, 0.29) is 10.1 Å². The molecule has 0 unspecified atom stereocenters. The Bertz CT molecular complexity index is 427. The van der Waals surface area contributed by atoms with Gasteiger partial charge < -0.3 is 0 Å². The SMILES string of the molecule is Cc1cc(=O)n(C(F)F)cc1[N+](=O)[O-]. The highest BCUT2D eigenvalue weighted by Crippen LogP contribution is 2.17. The first kappa shape index (κ1) is 10.3. The molecular weight excluding hydrogens is 198 g/mol. The molecule has 0 aliphatic carbocycles. The van der Waals surface area contributed by atoms with Gasteiger partial charge in [-0.15, -0.1) is 0 Å². The maximum absolute atomic E-state index is 12.1. The third-order valence-electron chi connectivity index (χ3n) is 1.67. The number of nitrogens with zero attached hydrogens (tertiary/aromatic N) is 2. The average molecular weight is 204 g/mol. The summed E-state index contributed by atoms with van der Waals surface area (Å²) in [4.78, 5) is 20.5. The van der Waals surface area contributed by atoms with E-state index in [4.69, 9.17) is 0 Å². The van der Waals surface area contributed by atoms with Crippen molar-refractivity contribution in [3.8, 4) is 0 Å². The number of halogens is 2. The van der Waals surface area contributed by atoms with Gasteiger partial charge in [-0.3, -0.25) is 19.5 Å². The number of hydrogen-bond acceptors (Lipinski definition) is 3. The van der Waals surface area contributed by atoms with E-state index in [1.807, 2.05) is 0 Å². The summed E-state index contributed by atoms with van der Waals surface area (Å²) in [7, 11) is 0. The van der Waals surface area contributed by atoms with Crippen LogP contribution < -0.4 is 5.56 Å². The molecule has 76 valence electrons. The van der Waals surface area contributed by atoms with Gasteiger partial charge >= 0.3 is 6.55 Å². The minimum absolute atomic E-state index is 0.0190. The van der Waals surface area contributed by atoms with Crippen LogP contribution in [0.2, 0.25) is 0 Å². The van der Waals surface area contributed by atoms with Gasteiger partial charge in [-0.2, -0.15) is 8.78 Å². The lowest BCUT2D eigenvalue weighted by atomic mass is 10.2. The number of nitro groups is 1. The lowest BCUT2D eigenvalue weighted by Crippen LogP contribution is -2.20. The van der Waals surface area contributed by atoms with Gasteiger partial charge in [-0.05, 0) is 6.92 Å². The molecule has 0 aromatic carbocycles. The number of alkyl halides is 2. The van der Waals surface area contributed by atoms with E-state index < -0.39 is 22.7 Å². The van der Waals surface area contributed by atoms with E-state index in [1.165, 1.54) is 6.92 Å². The molecule has 0 N–H and O–H groups in total. The Morgan fingerprint density at radius 3 is 2.57 bits per heavy atom. The Morgan fingerprint density at radius 1 is 1.57 bits per heavy atom. The fraction of sp³-hybridized carbons (Fsp3) is 0.286. The molecule has 14 heavy (non-hydrogen) atoms. The predicted octanol–water partition coefficient (Wildman–Crippen LogP) is 1.46. The fourth-order valence-corrected chi connectivity index (χ4v) is 0.975. The van der Waals surface area contributed by atoms with E-state index in [2.05, 4.69) is 0 Å². The molecule has 0 saturated carbocycles. The first-order chi connectivity index (χ1) is 6.43. The lowest BCUT2D eigenvalue weighted by molar-refractivity contribution is -0.386. The Labute approximate surface area is 76.7 Å². The van der Waals surface area contributed by atoms with Crippen LogP contribution in [-0.4, -0.2) is 9.49 Å². The second-order valence-electron chi connectivity index (χ2n) is 2.62. The number of pyridine rings is 1. The molecular formula is C7H6F2N2O3. The van der Waals surface area contributed by atoms with E-state index in [0.29, 0.717) is 6.20 Å². The van der Waals surface area contributed by atoms with E-state index in [0.717, 1.165) is 6.07 Å². The first-order valence-corrected chi connectivity index (χ1v) is 3.59. The number of rotatable bonds is 2. The predicted molar refractivity (Wildman–Crippen MR) is 43.3 cm³/mol. The van der Waals surface area contributed by atoms with Crippen LogP contribution in [0.4, 0.5) is 14.5 Å². The topological polar surface area (TPSA) is 65.1 Å². The summed E-state index contributed by atoms with van der Waals surface area (Å²) < 4.78 is 24.3. The molecule has 5 nitrogen and oxygen atoms in total. The summed E-state index contributed by atoms with van der Waals surface area (Å²) in [6.07, 6.45) is 0.544. The maximum Gasteiger partial charge on any atom is 0.321 e. The van der Waals surface area contributed by atoms with E-state index >= 15 is 0 Å². The first-order valence-electron chi connectivity index (χ1n) is 3.59. The molecule has 0 amide bonds. The van der Waals surface area contributed by atoms with Gasteiger partial charge in [0.1, 0.15) is 0 Å². The quantitative estimate of drug-likeness (QED) is 0.541. The summed E-state index contributed by atoms with van der Waals surface area (Å²) >= 11 is 0. The highest BCUT2D eigenvalue weighted by Gasteiger charge is 2.16. The molecule has 1 aromatic heterocycles. The summed E-state index contributed by atoms with van der Waals surface area (Å²) in [5, 5.41) is 10.4. The summed E-state index contributed by atoms with van der Waals surface area (Å²) in [5.74, 6) is 0. The highest BCUT2D eigenvalue weighted by atomic mass is 19.3. The molecule has 0 atom stereocenters. The van der Waals surface area contributed by atoms with Gasteiger partial charge in [0.05, 0.1) is 11.1 Å². The average Bonchev–Trinajstić information content (AvgIpc) is 2.02. The normalized spacial score (nSPS) is 10.6. The van der Waals surface area contributed by atoms with Crippen LogP contribution in [0.1, 0.15) is 12.1 Å². The van der Waals surface area contributed by atoms with Crippen LogP contribution in [0.3, 0.4) is 0 Å². The third-order valence-corrected chi connectivity index (χ3v) is 1.67. The minimum Gasteiger partial charge on any atom is -0.269 e. The molecule has 1 rings (SSSR count). The number of aromatic nitrogens is 1. The molecule has 0 radical (unpaired) electrons. The van der Waals surface area contributed by atoms with Crippen LogP contribution in [0.15, 0.2) is 17.1 Å². The summed E-state index contributed by atoms with van der Waals surface area (Å²) in [6.45, 7) is -1.75. The molecule has 7 heteroatoms. The molecule has 0 aliphatic rings. The fourth-order valence-electron chi connectivity index (χ4n) is 0.975. The molecule has 0 spiro atoms. The summed E-state index contributed by atoms with van der Waals surface area (Å²) in [5.41, 5.74) is -1.38. The summed E-state index contributed by atoms with van der Waals surface area (Å²) in [6, 6.07) is 0.810. The molecule has 1 heterocycles. The lowest BCUT2D eigenvalue weighted by Gasteiger charge is -2.04. The van der Waals surface area contributed by atoms with E-state index in [1.54, 1.807) is 0 Å². The molecule has 0 fully saturated rings. The van der Waals surface area contributed by atoms with Crippen molar-refractivity contribution < 1.29 is 13.7 Å². The third kappa shape index (κ3) is 1.76. The number of hydrogen-bond donors (Lipinski definition) is 0. The second kappa shape index (κ2) is 3.52. The van der Waals surface area contributed by atoms with Gasteiger partial charge in [0.25, 0.3) is 11.2 Å². The van der Waals surface area contributed by atoms with Gasteiger partial charge in [0, 0.05) is 11.6 Å². The van der Waals surface area contributed by atoms with Crippen molar-refractivity contribution in [3.05, 3.63) is 38.3 Å². The minimum atomic E-state index is -3.07. The Hall–Kier alpha value is -1.79. The smallest absolute Gasteiger partial charge is 0.269 e. The number of aryl methyl sites for hydroxylation is 1. The van der Waals surface area contributed by atoms with Crippen LogP contribution in [-0.2, 0) is 0 Å². The van der Waals surface area contributed by atoms with Crippen molar-refractivity contribution in [3.63, 3.8) is 0 Å². The zero-order valence-corrected chi connectivity index (χ0v) is 7.11. The van der Waals surface area contributed by atoms with Crippen molar-refractivity contribution in [2.24, 2.45) is 0 Å². The van der Waals surface area contributed by atoms with Gasteiger partial charge in [-0.25, -0.2) is 0 Å². The van der Waals surface area contributed by atoms with Crippen LogP contribution in [0.25, 0.3) is 0 Å². The van der Waals surface area contributed by atoms with Crippen molar-refractivity contribution in [1.82, 2.24) is 4.57 Å². The van der Waals surface area contributed by atoms with E-state index in [9.17, 15) is 23.7 Å². The van der Waals surface area contributed by atoms with Crippen LogP contribution >= 0.6 is 0 Å². The largest absolute Gasteiger partial charge is 0.321 e. The zero-order valence-electron chi connectivity index (χ0n) is 7.11. The van der Waals surface area contributed by atoms with Crippen molar-refractivity contribution in [2.45, 2.75) is 13.5 Å². The van der Waals surface area contributed by atoms with Gasteiger partial charge in [0.15, 0.2) is 0 Å². The van der Waals surface area contributed by atoms with Gasteiger partial charge in [0.2, 0.25) is 0 Å². The van der Waals surface area contributed by atoms with Crippen LogP contribution in [0, 0.1) is 17.0 Å². The molecule has 1 aromatic rings. The Balaban J connectivity index is 3.42. The molecule has 0 aliphatic heterocycles. The monoisotopic (exact) mass is 204 g/mol. The van der Waals surface area contributed by atoms with Crippen molar-refractivity contribution in [1.29, 1.82) is 0 Å². The second-order valence-corrected chi connectivity index (χ2v) is 2.62. The molecule has 0 bridgehead atoms. The van der Waals surface area contributed by atoms with Crippen molar-refractivity contribution in [2.75, 3.05) is 0 Å².